The standard InChI is InChI=1S/C22H23BrClN5O5S2/c23-13-3-1-2-11(4-13)19(25)15-7-18(35-21(15)24)20(31)16-9-26-10-27-22(16)29-14-5-12(17(30)6-14)8-28-36(32,33)34/h1-4,7,9-10,12,14,17,19,28,30H,5-6,8,25H2,(H,26,27,29)(H,32,33,34)/t12-,14-,17+,19+/m1/s1. The fourth-order valence-corrected chi connectivity index (χ4v) is 6.32. The first-order chi connectivity index (χ1) is 17.0. The molecule has 3 aromatic rings. The lowest BCUT2D eigenvalue weighted by molar-refractivity contribution is 0.104. The highest BCUT2D eigenvalue weighted by molar-refractivity contribution is 9.10. The van der Waals surface area contributed by atoms with Crippen molar-refractivity contribution >= 4 is 60.8 Å². The van der Waals surface area contributed by atoms with Gasteiger partial charge in [-0.1, -0.05) is 39.7 Å². The van der Waals surface area contributed by atoms with Gasteiger partial charge in [0.25, 0.3) is 0 Å². The van der Waals surface area contributed by atoms with Crippen molar-refractivity contribution in [3.8, 4) is 0 Å². The van der Waals surface area contributed by atoms with Crippen LogP contribution in [-0.4, -0.2) is 52.5 Å². The van der Waals surface area contributed by atoms with Gasteiger partial charge in [-0.3, -0.25) is 9.35 Å². The van der Waals surface area contributed by atoms with Crippen LogP contribution in [0.3, 0.4) is 0 Å². The zero-order chi connectivity index (χ0) is 26.0. The van der Waals surface area contributed by atoms with Crippen LogP contribution in [0, 0.1) is 5.92 Å². The van der Waals surface area contributed by atoms with Gasteiger partial charge in [0.2, 0.25) is 5.78 Å². The van der Waals surface area contributed by atoms with E-state index < -0.39 is 28.4 Å². The van der Waals surface area contributed by atoms with Crippen LogP contribution in [0.25, 0.3) is 0 Å². The predicted octanol–water partition coefficient (Wildman–Crippen LogP) is 3.18. The van der Waals surface area contributed by atoms with E-state index in [1.807, 2.05) is 29.0 Å². The molecular formula is C22H23BrClN5O5S2. The van der Waals surface area contributed by atoms with Gasteiger partial charge in [-0.25, -0.2) is 9.97 Å². The summed E-state index contributed by atoms with van der Waals surface area (Å²) < 4.78 is 34.1. The van der Waals surface area contributed by atoms with E-state index in [-0.39, 0.29) is 29.8 Å². The quantitative estimate of drug-likeness (QED) is 0.179. The Bertz CT molecular complexity index is 1370. The summed E-state index contributed by atoms with van der Waals surface area (Å²) in [6.45, 7) is -0.109. The molecule has 0 saturated heterocycles. The number of aliphatic hydroxyl groups excluding tert-OH is 1. The lowest BCUT2D eigenvalue weighted by atomic mass is 10.0. The molecule has 0 bridgehead atoms. The van der Waals surface area contributed by atoms with Crippen molar-refractivity contribution in [3.63, 3.8) is 0 Å². The zero-order valence-corrected chi connectivity index (χ0v) is 22.6. The molecule has 1 aromatic carbocycles. The van der Waals surface area contributed by atoms with E-state index in [0.29, 0.717) is 27.6 Å². The lowest BCUT2D eigenvalue weighted by Crippen LogP contribution is -2.32. The smallest absolute Gasteiger partial charge is 0.333 e. The van der Waals surface area contributed by atoms with Gasteiger partial charge in [0.05, 0.1) is 26.9 Å². The Hall–Kier alpha value is -1.97. The number of aromatic nitrogens is 2. The van der Waals surface area contributed by atoms with Gasteiger partial charge in [-0.05, 0) is 36.6 Å². The Balaban J connectivity index is 1.51. The maximum atomic E-state index is 13.4. The fourth-order valence-electron chi connectivity index (χ4n) is 4.18. The molecule has 0 unspecified atom stereocenters. The number of aliphatic hydroxyl groups is 1. The molecule has 0 spiro atoms. The summed E-state index contributed by atoms with van der Waals surface area (Å²) >= 11 is 11.0. The van der Waals surface area contributed by atoms with Crippen molar-refractivity contribution in [2.75, 3.05) is 11.9 Å². The second-order valence-corrected chi connectivity index (χ2v) is 12.3. The molecule has 0 radical (unpaired) electrons. The molecule has 1 saturated carbocycles. The summed E-state index contributed by atoms with van der Waals surface area (Å²) in [7, 11) is -4.36. The molecule has 0 amide bonds. The first-order valence-electron chi connectivity index (χ1n) is 10.8. The molecule has 192 valence electrons. The van der Waals surface area contributed by atoms with Crippen LogP contribution in [0.2, 0.25) is 4.34 Å². The number of nitrogens with zero attached hydrogens (tertiary/aromatic N) is 2. The number of hydrogen-bond donors (Lipinski definition) is 5. The third-order valence-corrected chi connectivity index (χ3v) is 8.38. The van der Waals surface area contributed by atoms with Gasteiger partial charge in [-0.2, -0.15) is 13.1 Å². The van der Waals surface area contributed by atoms with Gasteiger partial charge >= 0.3 is 10.3 Å². The number of carbonyl (C=O) groups is 1. The second-order valence-electron chi connectivity index (χ2n) is 8.45. The van der Waals surface area contributed by atoms with Crippen LogP contribution in [0.1, 0.15) is 45.2 Å². The monoisotopic (exact) mass is 615 g/mol. The Labute approximate surface area is 225 Å². The average Bonchev–Trinajstić information content (AvgIpc) is 3.38. The van der Waals surface area contributed by atoms with E-state index in [1.54, 1.807) is 6.07 Å². The van der Waals surface area contributed by atoms with E-state index in [0.717, 1.165) is 21.4 Å². The van der Waals surface area contributed by atoms with Gasteiger partial charge in [-0.15, -0.1) is 11.3 Å². The number of benzene rings is 1. The molecule has 2 heterocycles. The highest BCUT2D eigenvalue weighted by Gasteiger charge is 2.34. The fraction of sp³-hybridized carbons (Fsp3) is 0.318. The number of nitrogens with one attached hydrogen (secondary N) is 2. The highest BCUT2D eigenvalue weighted by Crippen LogP contribution is 2.36. The zero-order valence-electron chi connectivity index (χ0n) is 18.6. The summed E-state index contributed by atoms with van der Waals surface area (Å²) in [6.07, 6.45) is 2.62. The van der Waals surface area contributed by atoms with Crippen molar-refractivity contribution in [2.24, 2.45) is 11.7 Å². The molecule has 14 heteroatoms. The molecule has 1 fully saturated rings. The minimum absolute atomic E-state index is 0.109. The normalized spacial score (nSPS) is 20.9. The Kier molecular flexibility index (Phi) is 8.42. The SMILES string of the molecule is N[C@@H](c1cccc(Br)c1)c1cc(C(=O)c2cncnc2N[C@@H]2C[C@H](CNS(=O)(=O)O)[C@@H](O)C2)sc1Cl. The van der Waals surface area contributed by atoms with Crippen molar-refractivity contribution < 1.29 is 22.9 Å². The van der Waals surface area contributed by atoms with E-state index in [2.05, 4.69) is 31.2 Å². The average molecular weight is 617 g/mol. The number of hydrogen-bond acceptors (Lipinski definition) is 9. The molecule has 1 aliphatic rings. The van der Waals surface area contributed by atoms with Crippen LogP contribution in [0.5, 0.6) is 0 Å². The van der Waals surface area contributed by atoms with E-state index in [1.165, 1.54) is 12.5 Å². The third kappa shape index (κ3) is 6.47. The number of anilines is 1. The number of rotatable bonds is 9. The number of nitrogens with two attached hydrogens (primary N) is 1. The number of carbonyl (C=O) groups excluding carboxylic acids is 1. The van der Waals surface area contributed by atoms with Crippen LogP contribution < -0.4 is 15.8 Å². The maximum Gasteiger partial charge on any atom is 0.333 e. The van der Waals surface area contributed by atoms with Crippen molar-refractivity contribution in [1.82, 2.24) is 14.7 Å². The summed E-state index contributed by atoms with van der Waals surface area (Å²) in [5, 5.41) is 13.5. The number of ketones is 1. The van der Waals surface area contributed by atoms with E-state index in [9.17, 15) is 18.3 Å². The Morgan fingerprint density at radius 2 is 2.11 bits per heavy atom. The number of halogens is 2. The van der Waals surface area contributed by atoms with Crippen LogP contribution in [-0.2, 0) is 10.3 Å². The molecule has 36 heavy (non-hydrogen) atoms. The van der Waals surface area contributed by atoms with Crippen LogP contribution in [0.15, 0.2) is 47.3 Å². The van der Waals surface area contributed by atoms with Crippen molar-refractivity contribution in [3.05, 3.63) is 73.2 Å². The van der Waals surface area contributed by atoms with Crippen molar-refractivity contribution in [1.29, 1.82) is 0 Å². The maximum absolute atomic E-state index is 13.4. The van der Waals surface area contributed by atoms with Gasteiger partial charge in [0.15, 0.2) is 0 Å². The first kappa shape index (κ1) is 27.1. The summed E-state index contributed by atoms with van der Waals surface area (Å²) in [6, 6.07) is 8.41. The van der Waals surface area contributed by atoms with Gasteiger partial charge in [0.1, 0.15) is 12.1 Å². The molecule has 1 aliphatic carbocycles. The molecular weight excluding hydrogens is 594 g/mol. The lowest BCUT2D eigenvalue weighted by Gasteiger charge is -2.15. The molecule has 4 rings (SSSR count). The summed E-state index contributed by atoms with van der Waals surface area (Å²) in [5.41, 5.74) is 8.12. The second kappa shape index (κ2) is 11.2. The molecule has 6 N–H and O–H groups in total. The first-order valence-corrected chi connectivity index (χ1v) is 14.3. The third-order valence-electron chi connectivity index (χ3n) is 5.96. The minimum Gasteiger partial charge on any atom is -0.393 e. The summed E-state index contributed by atoms with van der Waals surface area (Å²) in [4.78, 5) is 22.0. The van der Waals surface area contributed by atoms with E-state index in [4.69, 9.17) is 21.9 Å². The Morgan fingerprint density at radius 1 is 1.33 bits per heavy atom. The topological polar surface area (TPSA) is 168 Å². The molecule has 2 aromatic heterocycles. The Morgan fingerprint density at radius 3 is 2.83 bits per heavy atom. The number of thiophene rings is 1. The highest BCUT2D eigenvalue weighted by atomic mass is 79.9. The van der Waals surface area contributed by atoms with Gasteiger partial charge < -0.3 is 16.2 Å². The molecule has 0 aliphatic heterocycles. The van der Waals surface area contributed by atoms with Crippen molar-refractivity contribution in [2.45, 2.75) is 31.0 Å². The summed E-state index contributed by atoms with van der Waals surface area (Å²) in [5.74, 6) is -0.456. The minimum atomic E-state index is -4.36. The predicted molar refractivity (Wildman–Crippen MR) is 141 cm³/mol. The van der Waals surface area contributed by atoms with Crippen LogP contribution >= 0.6 is 38.9 Å². The molecule has 4 atom stereocenters. The largest absolute Gasteiger partial charge is 0.393 e. The van der Waals surface area contributed by atoms with Gasteiger partial charge in [0, 0.05) is 34.7 Å². The van der Waals surface area contributed by atoms with Crippen LogP contribution in [0.4, 0.5) is 5.82 Å². The molecule has 10 nitrogen and oxygen atoms in total. The van der Waals surface area contributed by atoms with E-state index >= 15 is 0 Å².